The summed E-state index contributed by atoms with van der Waals surface area (Å²) < 4.78 is 9.36. The molecule has 1 rings (SSSR count). The van der Waals surface area contributed by atoms with E-state index in [1.807, 2.05) is 12.1 Å². The lowest BCUT2D eigenvalue weighted by Crippen LogP contribution is -2.19. The van der Waals surface area contributed by atoms with E-state index >= 15 is 0 Å². The number of ether oxygens (including phenoxy) is 2. The molecule has 0 aromatic heterocycles. The van der Waals surface area contributed by atoms with Gasteiger partial charge in [0, 0.05) is 0 Å². The molecular formula is C17H18N2O4. The first-order valence-electron chi connectivity index (χ1n) is 7.10. The number of benzene rings is 1. The Morgan fingerprint density at radius 1 is 1.09 bits per heavy atom. The van der Waals surface area contributed by atoms with Crippen LogP contribution in [0.1, 0.15) is 28.8 Å². The molecule has 0 radical (unpaired) electrons. The van der Waals surface area contributed by atoms with Crippen molar-refractivity contribution in [2.24, 2.45) is 11.8 Å². The van der Waals surface area contributed by atoms with Crippen LogP contribution in [0.2, 0.25) is 0 Å². The first kappa shape index (κ1) is 18.2. The lowest BCUT2D eigenvalue weighted by atomic mass is 9.90. The molecule has 1 aromatic rings. The molecule has 6 nitrogen and oxygen atoms in total. The molecule has 0 saturated heterocycles. The van der Waals surface area contributed by atoms with Gasteiger partial charge in [-0.25, -0.2) is 4.79 Å². The number of esters is 2. The van der Waals surface area contributed by atoms with E-state index in [2.05, 4.69) is 4.74 Å². The summed E-state index contributed by atoms with van der Waals surface area (Å²) in [6, 6.07) is 10.6. The molecule has 0 aliphatic heterocycles. The van der Waals surface area contributed by atoms with Crippen molar-refractivity contribution in [1.82, 2.24) is 0 Å². The molecule has 23 heavy (non-hydrogen) atoms. The monoisotopic (exact) mass is 314 g/mol. The summed E-state index contributed by atoms with van der Waals surface area (Å²) in [5.41, 5.74) is 1.40. The van der Waals surface area contributed by atoms with Gasteiger partial charge in [0.2, 0.25) is 0 Å². The number of nitrogens with zero attached hydrogens (tertiary/aromatic N) is 2. The highest BCUT2D eigenvalue weighted by atomic mass is 16.5. The molecule has 0 saturated carbocycles. The van der Waals surface area contributed by atoms with Crippen molar-refractivity contribution >= 4 is 11.9 Å². The van der Waals surface area contributed by atoms with Crippen LogP contribution in [-0.4, -0.2) is 26.2 Å². The zero-order valence-corrected chi connectivity index (χ0v) is 13.1. The smallest absolute Gasteiger partial charge is 0.337 e. The van der Waals surface area contributed by atoms with Gasteiger partial charge in [0.1, 0.15) is 5.92 Å². The zero-order valence-electron chi connectivity index (χ0n) is 13.1. The fourth-order valence-corrected chi connectivity index (χ4v) is 2.18. The van der Waals surface area contributed by atoms with Crippen LogP contribution in [0.15, 0.2) is 24.3 Å². The van der Waals surface area contributed by atoms with Crippen molar-refractivity contribution in [3.63, 3.8) is 0 Å². The van der Waals surface area contributed by atoms with Crippen molar-refractivity contribution in [2.45, 2.75) is 19.3 Å². The van der Waals surface area contributed by atoms with Crippen LogP contribution in [0.3, 0.4) is 0 Å². The van der Waals surface area contributed by atoms with Crippen molar-refractivity contribution in [2.75, 3.05) is 14.2 Å². The summed E-state index contributed by atoms with van der Waals surface area (Å²) in [5, 5.41) is 17.7. The zero-order chi connectivity index (χ0) is 17.2. The number of aryl methyl sites for hydroxylation is 1. The summed E-state index contributed by atoms with van der Waals surface area (Å²) in [5.74, 6) is -2.17. The topological polar surface area (TPSA) is 100 Å². The molecule has 0 unspecified atom stereocenters. The maximum absolute atomic E-state index is 11.8. The van der Waals surface area contributed by atoms with Gasteiger partial charge in [-0.3, -0.25) is 4.79 Å². The third-order valence-corrected chi connectivity index (χ3v) is 3.52. The largest absolute Gasteiger partial charge is 0.469 e. The van der Waals surface area contributed by atoms with Gasteiger partial charge in [0.15, 0.2) is 0 Å². The minimum absolute atomic E-state index is 0.153. The van der Waals surface area contributed by atoms with Crippen molar-refractivity contribution in [3.05, 3.63) is 35.4 Å². The van der Waals surface area contributed by atoms with Gasteiger partial charge in [-0.15, -0.1) is 0 Å². The molecule has 1 atom stereocenters. The minimum atomic E-state index is -0.833. The molecule has 0 bridgehead atoms. The van der Waals surface area contributed by atoms with Gasteiger partial charge in [-0.05, 0) is 37.0 Å². The maximum Gasteiger partial charge on any atom is 0.337 e. The highest BCUT2D eigenvalue weighted by Gasteiger charge is 2.23. The number of hydrogen-bond acceptors (Lipinski definition) is 6. The number of rotatable bonds is 7. The number of nitriles is 2. The van der Waals surface area contributed by atoms with Crippen LogP contribution < -0.4 is 0 Å². The Balaban J connectivity index is 2.71. The highest BCUT2D eigenvalue weighted by molar-refractivity contribution is 5.89. The molecule has 0 spiro atoms. The van der Waals surface area contributed by atoms with E-state index in [9.17, 15) is 9.59 Å². The molecule has 6 heteroatoms. The lowest BCUT2D eigenvalue weighted by Gasteiger charge is -2.14. The maximum atomic E-state index is 11.8. The Morgan fingerprint density at radius 3 is 2.17 bits per heavy atom. The SMILES string of the molecule is COC(=O)c1ccc(CC[C@@H](CC(C#N)C#N)C(=O)OC)cc1. The van der Waals surface area contributed by atoms with Gasteiger partial charge < -0.3 is 9.47 Å². The molecule has 1 aromatic carbocycles. The Labute approximate surface area is 135 Å². The second-order valence-corrected chi connectivity index (χ2v) is 4.99. The number of carbonyl (C=O) groups excluding carboxylic acids is 2. The summed E-state index contributed by atoms with van der Waals surface area (Å²) in [6.45, 7) is 0. The van der Waals surface area contributed by atoms with E-state index in [1.165, 1.54) is 14.2 Å². The van der Waals surface area contributed by atoms with E-state index in [-0.39, 0.29) is 6.42 Å². The van der Waals surface area contributed by atoms with E-state index in [4.69, 9.17) is 15.3 Å². The first-order valence-corrected chi connectivity index (χ1v) is 7.10. The number of methoxy groups -OCH3 is 2. The second-order valence-electron chi connectivity index (χ2n) is 4.99. The third-order valence-electron chi connectivity index (χ3n) is 3.52. The molecular weight excluding hydrogens is 296 g/mol. The van der Waals surface area contributed by atoms with Gasteiger partial charge in [-0.2, -0.15) is 10.5 Å². The van der Waals surface area contributed by atoms with E-state index in [0.29, 0.717) is 18.4 Å². The molecule has 0 aliphatic rings. The normalized spacial score (nSPS) is 11.2. The standard InChI is InChI=1S/C17H18N2O4/c1-22-16(20)14-6-3-12(4-7-14)5-8-15(17(21)23-2)9-13(10-18)11-19/h3-4,6-7,13,15H,5,8-9H2,1-2H3/t15-/m0/s1. The Hall–Kier alpha value is -2.86. The Morgan fingerprint density at radius 2 is 1.70 bits per heavy atom. The quantitative estimate of drug-likeness (QED) is 0.715. The average Bonchev–Trinajstić information content (AvgIpc) is 2.61. The van der Waals surface area contributed by atoms with E-state index in [1.54, 1.807) is 24.3 Å². The van der Waals surface area contributed by atoms with Gasteiger partial charge in [0.25, 0.3) is 0 Å². The molecule has 0 aliphatic carbocycles. The number of hydrogen-bond donors (Lipinski definition) is 0. The van der Waals surface area contributed by atoms with Crippen LogP contribution in [0.4, 0.5) is 0 Å². The lowest BCUT2D eigenvalue weighted by molar-refractivity contribution is -0.146. The first-order chi connectivity index (χ1) is 11.0. The van der Waals surface area contributed by atoms with Gasteiger partial charge >= 0.3 is 11.9 Å². The van der Waals surface area contributed by atoms with Crippen LogP contribution in [0, 0.1) is 34.5 Å². The molecule has 0 N–H and O–H groups in total. The summed E-state index contributed by atoms with van der Waals surface area (Å²) in [7, 11) is 2.60. The van der Waals surface area contributed by atoms with Gasteiger partial charge in [0.05, 0.1) is 37.8 Å². The molecule has 0 heterocycles. The van der Waals surface area contributed by atoms with Crippen molar-refractivity contribution in [3.8, 4) is 12.1 Å². The molecule has 0 amide bonds. The predicted molar refractivity (Wildman–Crippen MR) is 80.9 cm³/mol. The van der Waals surface area contributed by atoms with Crippen molar-refractivity contribution in [1.29, 1.82) is 10.5 Å². The Kier molecular flexibility index (Phi) is 7.29. The summed E-state index contributed by atoms with van der Waals surface area (Å²) >= 11 is 0. The molecule has 0 fully saturated rings. The second kappa shape index (κ2) is 9.22. The summed E-state index contributed by atoms with van der Waals surface area (Å²) in [4.78, 5) is 23.1. The molecule has 120 valence electrons. The Bertz CT molecular complexity index is 611. The van der Waals surface area contributed by atoms with Crippen LogP contribution in [0.25, 0.3) is 0 Å². The average molecular weight is 314 g/mol. The van der Waals surface area contributed by atoms with Gasteiger partial charge in [-0.1, -0.05) is 12.1 Å². The predicted octanol–water partition coefficient (Wildman–Crippen LogP) is 2.25. The fraction of sp³-hybridized carbons (Fsp3) is 0.412. The van der Waals surface area contributed by atoms with Crippen LogP contribution in [0.5, 0.6) is 0 Å². The van der Waals surface area contributed by atoms with Crippen molar-refractivity contribution < 1.29 is 19.1 Å². The minimum Gasteiger partial charge on any atom is -0.469 e. The highest BCUT2D eigenvalue weighted by Crippen LogP contribution is 2.20. The van der Waals surface area contributed by atoms with Crippen LogP contribution in [-0.2, 0) is 20.7 Å². The van der Waals surface area contributed by atoms with E-state index in [0.717, 1.165) is 5.56 Å². The van der Waals surface area contributed by atoms with E-state index < -0.39 is 23.8 Å². The third kappa shape index (κ3) is 5.44. The fourth-order valence-electron chi connectivity index (χ4n) is 2.18. The van der Waals surface area contributed by atoms with Crippen LogP contribution >= 0.6 is 0 Å². The summed E-state index contributed by atoms with van der Waals surface area (Å²) in [6.07, 6.45) is 1.19. The number of carbonyl (C=O) groups is 2.